The van der Waals surface area contributed by atoms with Gasteiger partial charge in [-0.3, -0.25) is 0 Å². The summed E-state index contributed by atoms with van der Waals surface area (Å²) >= 11 is 1.70. The standard InChI is InChI=1S/C16H24N4S/c1-5-14-7-13(9-17-6-2)8-16(19-14)20(4)10-15-11-21-12(3)18-15/h7-8,11,17H,5-6,9-10H2,1-4H3. The Hall–Kier alpha value is -1.46. The molecule has 0 saturated carbocycles. The van der Waals surface area contributed by atoms with Gasteiger partial charge in [-0.1, -0.05) is 13.8 Å². The molecule has 2 rings (SSSR count). The van der Waals surface area contributed by atoms with Crippen molar-refractivity contribution >= 4 is 17.2 Å². The molecule has 0 aromatic carbocycles. The fourth-order valence-electron chi connectivity index (χ4n) is 2.19. The van der Waals surface area contributed by atoms with Gasteiger partial charge in [0.25, 0.3) is 0 Å². The molecular formula is C16H24N4S. The summed E-state index contributed by atoms with van der Waals surface area (Å²) in [4.78, 5) is 11.4. The van der Waals surface area contributed by atoms with E-state index in [0.717, 1.165) is 48.3 Å². The summed E-state index contributed by atoms with van der Waals surface area (Å²) in [5, 5.41) is 6.61. The lowest BCUT2D eigenvalue weighted by Gasteiger charge is -2.19. The Labute approximate surface area is 131 Å². The van der Waals surface area contributed by atoms with E-state index in [1.807, 2.05) is 6.92 Å². The zero-order valence-corrected chi connectivity index (χ0v) is 14.1. The van der Waals surface area contributed by atoms with E-state index in [9.17, 15) is 0 Å². The fraction of sp³-hybridized carbons (Fsp3) is 0.500. The maximum atomic E-state index is 4.74. The lowest BCUT2D eigenvalue weighted by Crippen LogP contribution is -2.19. The van der Waals surface area contributed by atoms with Crippen LogP contribution >= 0.6 is 11.3 Å². The molecule has 0 amide bonds. The van der Waals surface area contributed by atoms with Gasteiger partial charge in [0, 0.05) is 24.7 Å². The molecule has 0 aliphatic carbocycles. The molecule has 5 heteroatoms. The van der Waals surface area contributed by atoms with Crippen LogP contribution in [0.4, 0.5) is 5.82 Å². The summed E-state index contributed by atoms with van der Waals surface area (Å²) in [6, 6.07) is 4.36. The van der Waals surface area contributed by atoms with Crippen molar-refractivity contribution < 1.29 is 0 Å². The Morgan fingerprint density at radius 2 is 2.00 bits per heavy atom. The fourth-order valence-corrected chi connectivity index (χ4v) is 2.79. The van der Waals surface area contributed by atoms with E-state index in [1.165, 1.54) is 5.56 Å². The van der Waals surface area contributed by atoms with Gasteiger partial charge in [-0.05, 0) is 37.6 Å². The van der Waals surface area contributed by atoms with Crippen LogP contribution in [0.15, 0.2) is 17.5 Å². The molecule has 1 N–H and O–H groups in total. The van der Waals surface area contributed by atoms with Crippen LogP contribution in [0.1, 0.15) is 35.8 Å². The normalized spacial score (nSPS) is 10.9. The number of nitrogens with one attached hydrogen (secondary N) is 1. The first kappa shape index (κ1) is 15.9. The van der Waals surface area contributed by atoms with E-state index in [-0.39, 0.29) is 0 Å². The molecule has 21 heavy (non-hydrogen) atoms. The van der Waals surface area contributed by atoms with Gasteiger partial charge in [0.15, 0.2) is 0 Å². The van der Waals surface area contributed by atoms with Crippen molar-refractivity contribution in [3.8, 4) is 0 Å². The molecule has 0 atom stereocenters. The van der Waals surface area contributed by atoms with Gasteiger partial charge in [0.2, 0.25) is 0 Å². The predicted octanol–water partition coefficient (Wildman–Crippen LogP) is 3.15. The molecule has 2 aromatic rings. The summed E-state index contributed by atoms with van der Waals surface area (Å²) in [5.41, 5.74) is 3.54. The highest BCUT2D eigenvalue weighted by Crippen LogP contribution is 2.18. The summed E-state index contributed by atoms with van der Waals surface area (Å²) in [5.74, 6) is 1.02. The van der Waals surface area contributed by atoms with Crippen LogP contribution in [0.2, 0.25) is 0 Å². The van der Waals surface area contributed by atoms with Crippen LogP contribution in [0.25, 0.3) is 0 Å². The summed E-state index contributed by atoms with van der Waals surface area (Å²) in [6.07, 6.45) is 0.955. The van der Waals surface area contributed by atoms with Crippen molar-refractivity contribution in [1.29, 1.82) is 0 Å². The van der Waals surface area contributed by atoms with Crippen LogP contribution < -0.4 is 10.2 Å². The molecule has 2 aromatic heterocycles. The third kappa shape index (κ3) is 4.51. The molecule has 0 spiro atoms. The topological polar surface area (TPSA) is 41.1 Å². The molecule has 0 radical (unpaired) electrons. The van der Waals surface area contributed by atoms with E-state index >= 15 is 0 Å². The predicted molar refractivity (Wildman–Crippen MR) is 90.0 cm³/mol. The van der Waals surface area contributed by atoms with Gasteiger partial charge in [0.1, 0.15) is 5.82 Å². The number of aryl methyl sites for hydroxylation is 2. The first-order chi connectivity index (χ1) is 10.1. The van der Waals surface area contributed by atoms with Gasteiger partial charge in [-0.2, -0.15) is 0 Å². The first-order valence-corrected chi connectivity index (χ1v) is 8.33. The third-order valence-corrected chi connectivity index (χ3v) is 4.15. The Balaban J connectivity index is 2.16. The molecule has 0 unspecified atom stereocenters. The van der Waals surface area contributed by atoms with E-state index in [0.29, 0.717) is 0 Å². The molecule has 0 saturated heterocycles. The van der Waals surface area contributed by atoms with Gasteiger partial charge in [-0.25, -0.2) is 9.97 Å². The average Bonchev–Trinajstić information content (AvgIpc) is 2.89. The SMILES string of the molecule is CCNCc1cc(CC)nc(N(C)Cc2csc(C)n2)c1. The van der Waals surface area contributed by atoms with Crippen LogP contribution in [-0.4, -0.2) is 23.6 Å². The number of rotatable bonds is 7. The number of anilines is 1. The smallest absolute Gasteiger partial charge is 0.129 e. The lowest BCUT2D eigenvalue weighted by molar-refractivity contribution is 0.723. The number of aromatic nitrogens is 2. The molecule has 0 aliphatic rings. The minimum absolute atomic E-state index is 0.797. The van der Waals surface area contributed by atoms with Crippen molar-refractivity contribution in [1.82, 2.24) is 15.3 Å². The van der Waals surface area contributed by atoms with Gasteiger partial charge < -0.3 is 10.2 Å². The number of nitrogens with zero attached hydrogens (tertiary/aromatic N) is 3. The van der Waals surface area contributed by atoms with E-state index in [2.05, 4.69) is 53.6 Å². The maximum Gasteiger partial charge on any atom is 0.129 e. The minimum Gasteiger partial charge on any atom is -0.354 e. The highest BCUT2D eigenvalue weighted by Gasteiger charge is 2.09. The quantitative estimate of drug-likeness (QED) is 0.853. The number of hydrogen-bond acceptors (Lipinski definition) is 5. The molecule has 2 heterocycles. The summed E-state index contributed by atoms with van der Waals surface area (Å²) < 4.78 is 0. The van der Waals surface area contributed by atoms with Crippen LogP contribution in [-0.2, 0) is 19.5 Å². The van der Waals surface area contributed by atoms with Crippen LogP contribution in [0, 0.1) is 6.92 Å². The first-order valence-electron chi connectivity index (χ1n) is 7.45. The molecule has 4 nitrogen and oxygen atoms in total. The van der Waals surface area contributed by atoms with Gasteiger partial charge >= 0.3 is 0 Å². The molecule has 0 fully saturated rings. The Morgan fingerprint density at radius 3 is 2.62 bits per heavy atom. The Bertz CT molecular complexity index is 579. The number of pyridine rings is 1. The van der Waals surface area contributed by atoms with E-state index in [1.54, 1.807) is 11.3 Å². The average molecular weight is 304 g/mol. The molecular weight excluding hydrogens is 280 g/mol. The van der Waals surface area contributed by atoms with Crippen LogP contribution in [0.3, 0.4) is 0 Å². The zero-order chi connectivity index (χ0) is 15.2. The monoisotopic (exact) mass is 304 g/mol. The number of hydrogen-bond donors (Lipinski definition) is 1. The minimum atomic E-state index is 0.797. The highest BCUT2D eigenvalue weighted by molar-refractivity contribution is 7.09. The maximum absolute atomic E-state index is 4.74. The second-order valence-electron chi connectivity index (χ2n) is 5.17. The zero-order valence-electron chi connectivity index (χ0n) is 13.3. The van der Waals surface area contributed by atoms with Gasteiger partial charge in [-0.15, -0.1) is 11.3 Å². The largest absolute Gasteiger partial charge is 0.354 e. The Morgan fingerprint density at radius 1 is 1.19 bits per heavy atom. The van der Waals surface area contributed by atoms with Gasteiger partial charge in [0.05, 0.1) is 17.2 Å². The summed E-state index contributed by atoms with van der Waals surface area (Å²) in [7, 11) is 2.08. The lowest BCUT2D eigenvalue weighted by atomic mass is 10.2. The summed E-state index contributed by atoms with van der Waals surface area (Å²) in [6.45, 7) is 8.98. The van der Waals surface area contributed by atoms with Crippen molar-refractivity contribution in [2.75, 3.05) is 18.5 Å². The van der Waals surface area contributed by atoms with Crippen molar-refractivity contribution in [2.24, 2.45) is 0 Å². The van der Waals surface area contributed by atoms with E-state index in [4.69, 9.17) is 4.98 Å². The molecule has 0 aliphatic heterocycles. The van der Waals surface area contributed by atoms with Crippen molar-refractivity contribution in [2.45, 2.75) is 40.3 Å². The van der Waals surface area contributed by atoms with E-state index < -0.39 is 0 Å². The second-order valence-corrected chi connectivity index (χ2v) is 6.23. The molecule has 114 valence electrons. The third-order valence-electron chi connectivity index (χ3n) is 3.32. The second kappa shape index (κ2) is 7.52. The van der Waals surface area contributed by atoms with Crippen LogP contribution in [0.5, 0.6) is 0 Å². The Kier molecular flexibility index (Phi) is 5.70. The highest BCUT2D eigenvalue weighted by atomic mass is 32.1. The number of thiazole rings is 1. The van der Waals surface area contributed by atoms with Crippen molar-refractivity contribution in [3.05, 3.63) is 39.5 Å². The molecule has 0 bridgehead atoms. The van der Waals surface area contributed by atoms with Crippen molar-refractivity contribution in [3.63, 3.8) is 0 Å².